The average Bonchev–Trinajstić information content (AvgIpc) is 2.01. The number of hydrogen-bond donors (Lipinski definition) is 3. The maximum Gasteiger partial charge on any atom is 0.203 e. The third kappa shape index (κ3) is 5.63. The van der Waals surface area contributed by atoms with Crippen molar-refractivity contribution >= 4 is 5.96 Å². The van der Waals surface area contributed by atoms with Gasteiger partial charge >= 0.3 is 0 Å². The molecular formula is C6H16N4O. The number of hydrogen-bond acceptors (Lipinski definition) is 3. The third-order valence-electron chi connectivity index (χ3n) is 1.17. The number of rotatable bonds is 4. The Morgan fingerprint density at radius 1 is 1.73 bits per heavy atom. The highest BCUT2D eigenvalue weighted by molar-refractivity contribution is 5.77. The fourth-order valence-corrected chi connectivity index (χ4v) is 0.637. The first-order chi connectivity index (χ1) is 5.20. The predicted molar refractivity (Wildman–Crippen MR) is 44.9 cm³/mol. The Morgan fingerprint density at radius 2 is 2.36 bits per heavy atom. The van der Waals surface area contributed by atoms with Crippen molar-refractivity contribution in [3.8, 4) is 0 Å². The number of nitrogens with two attached hydrogens (primary N) is 2. The van der Waals surface area contributed by atoms with E-state index in [1.165, 1.54) is 0 Å². The molecule has 66 valence electrons. The minimum absolute atomic E-state index is 0.257. The number of guanidine groups is 1. The van der Waals surface area contributed by atoms with E-state index in [0.717, 1.165) is 0 Å². The number of hydrazine groups is 1. The molecule has 0 fully saturated rings. The van der Waals surface area contributed by atoms with Crippen molar-refractivity contribution in [3.63, 3.8) is 0 Å². The lowest BCUT2D eigenvalue weighted by Gasteiger charge is -2.06. The molecule has 0 rings (SSSR count). The highest BCUT2D eigenvalue weighted by Crippen LogP contribution is 1.94. The summed E-state index contributed by atoms with van der Waals surface area (Å²) in [6.07, 6.45) is 0. The number of aliphatic imine (C=N–C) groups is 1. The zero-order valence-electron chi connectivity index (χ0n) is 7.00. The van der Waals surface area contributed by atoms with E-state index in [1.54, 1.807) is 7.11 Å². The van der Waals surface area contributed by atoms with Gasteiger partial charge in [0.25, 0.3) is 0 Å². The molecule has 5 heteroatoms. The Hall–Kier alpha value is -0.810. The molecular weight excluding hydrogens is 144 g/mol. The summed E-state index contributed by atoms with van der Waals surface area (Å²) in [5.74, 6) is 5.62. The SMILES string of the molecule is COCC(C)CN=C(N)NN. The zero-order chi connectivity index (χ0) is 8.69. The molecule has 0 saturated carbocycles. The van der Waals surface area contributed by atoms with Crippen molar-refractivity contribution in [1.29, 1.82) is 0 Å². The molecule has 0 saturated heterocycles. The molecule has 0 radical (unpaired) electrons. The van der Waals surface area contributed by atoms with Gasteiger partial charge in [0.1, 0.15) is 0 Å². The van der Waals surface area contributed by atoms with Crippen molar-refractivity contribution < 1.29 is 4.74 Å². The molecule has 0 aliphatic carbocycles. The van der Waals surface area contributed by atoms with Crippen molar-refractivity contribution in [2.75, 3.05) is 20.3 Å². The normalized spacial score (nSPS) is 14.6. The largest absolute Gasteiger partial charge is 0.384 e. The second-order valence-electron chi connectivity index (χ2n) is 2.43. The first-order valence-corrected chi connectivity index (χ1v) is 3.46. The summed E-state index contributed by atoms with van der Waals surface area (Å²) >= 11 is 0. The van der Waals surface area contributed by atoms with Crippen LogP contribution in [0.4, 0.5) is 0 Å². The second-order valence-corrected chi connectivity index (χ2v) is 2.43. The summed E-state index contributed by atoms with van der Waals surface area (Å²) < 4.78 is 4.91. The average molecular weight is 160 g/mol. The van der Waals surface area contributed by atoms with Gasteiger partial charge in [0.05, 0.1) is 6.61 Å². The lowest BCUT2D eigenvalue weighted by Crippen LogP contribution is -2.37. The summed E-state index contributed by atoms with van der Waals surface area (Å²) in [6, 6.07) is 0. The molecule has 1 atom stereocenters. The summed E-state index contributed by atoms with van der Waals surface area (Å²) in [5.41, 5.74) is 7.54. The molecule has 5 N–H and O–H groups in total. The molecule has 0 aromatic carbocycles. The number of methoxy groups -OCH3 is 1. The molecule has 5 nitrogen and oxygen atoms in total. The number of nitrogens with one attached hydrogen (secondary N) is 1. The zero-order valence-corrected chi connectivity index (χ0v) is 7.00. The maximum atomic E-state index is 5.29. The summed E-state index contributed by atoms with van der Waals surface area (Å²) in [5, 5.41) is 0. The van der Waals surface area contributed by atoms with Gasteiger partial charge in [-0.3, -0.25) is 10.4 Å². The van der Waals surface area contributed by atoms with Gasteiger partial charge in [-0.1, -0.05) is 6.92 Å². The fourth-order valence-electron chi connectivity index (χ4n) is 0.637. The van der Waals surface area contributed by atoms with Crippen LogP contribution >= 0.6 is 0 Å². The van der Waals surface area contributed by atoms with Gasteiger partial charge < -0.3 is 10.5 Å². The van der Waals surface area contributed by atoms with E-state index in [1.807, 2.05) is 6.92 Å². The van der Waals surface area contributed by atoms with E-state index in [0.29, 0.717) is 19.1 Å². The molecule has 0 aromatic heterocycles. The van der Waals surface area contributed by atoms with E-state index < -0.39 is 0 Å². The van der Waals surface area contributed by atoms with Crippen LogP contribution in [0.1, 0.15) is 6.92 Å². The first-order valence-electron chi connectivity index (χ1n) is 3.46. The molecule has 0 aliphatic rings. The van der Waals surface area contributed by atoms with Gasteiger partial charge in [-0.2, -0.15) is 0 Å². The molecule has 0 spiro atoms. The summed E-state index contributed by atoms with van der Waals surface area (Å²) in [7, 11) is 1.66. The third-order valence-corrected chi connectivity index (χ3v) is 1.17. The van der Waals surface area contributed by atoms with Crippen molar-refractivity contribution in [2.45, 2.75) is 6.92 Å². The van der Waals surface area contributed by atoms with Crippen LogP contribution in [0.5, 0.6) is 0 Å². The van der Waals surface area contributed by atoms with Gasteiger partial charge in [0.2, 0.25) is 5.96 Å². The minimum atomic E-state index is 0.257. The quantitative estimate of drug-likeness (QED) is 0.214. The number of ether oxygens (including phenoxy) is 1. The maximum absolute atomic E-state index is 5.29. The standard InChI is InChI=1S/C6H16N4O/c1-5(4-11-2)3-9-6(7)10-8/h5H,3-4,8H2,1-2H3,(H3,7,9,10). The van der Waals surface area contributed by atoms with E-state index in [2.05, 4.69) is 10.4 Å². The van der Waals surface area contributed by atoms with Crippen LogP contribution in [0.15, 0.2) is 4.99 Å². The second kappa shape index (κ2) is 5.94. The monoisotopic (exact) mass is 160 g/mol. The predicted octanol–water partition coefficient (Wildman–Crippen LogP) is -0.953. The van der Waals surface area contributed by atoms with Gasteiger partial charge in [0, 0.05) is 13.7 Å². The molecule has 0 heterocycles. The van der Waals surface area contributed by atoms with Crippen LogP contribution in [-0.4, -0.2) is 26.2 Å². The minimum Gasteiger partial charge on any atom is -0.384 e. The van der Waals surface area contributed by atoms with Crippen molar-refractivity contribution in [3.05, 3.63) is 0 Å². The molecule has 0 amide bonds. The van der Waals surface area contributed by atoms with Crippen LogP contribution in [0.25, 0.3) is 0 Å². The van der Waals surface area contributed by atoms with Crippen LogP contribution in [0, 0.1) is 5.92 Å². The lowest BCUT2D eigenvalue weighted by atomic mass is 10.2. The van der Waals surface area contributed by atoms with E-state index in [4.69, 9.17) is 16.3 Å². The smallest absolute Gasteiger partial charge is 0.203 e. The first kappa shape index (κ1) is 10.2. The van der Waals surface area contributed by atoms with Crippen molar-refractivity contribution in [2.24, 2.45) is 22.5 Å². The molecule has 1 unspecified atom stereocenters. The molecule has 11 heavy (non-hydrogen) atoms. The summed E-state index contributed by atoms with van der Waals surface area (Å²) in [4.78, 5) is 3.94. The molecule has 0 aliphatic heterocycles. The lowest BCUT2D eigenvalue weighted by molar-refractivity contribution is 0.163. The van der Waals surface area contributed by atoms with Crippen LogP contribution in [0.3, 0.4) is 0 Å². The van der Waals surface area contributed by atoms with E-state index in [-0.39, 0.29) is 5.96 Å². The Morgan fingerprint density at radius 3 is 2.82 bits per heavy atom. The van der Waals surface area contributed by atoms with Gasteiger partial charge in [-0.15, -0.1) is 0 Å². The Bertz CT molecular complexity index is 126. The highest BCUT2D eigenvalue weighted by atomic mass is 16.5. The number of nitrogens with zero attached hydrogens (tertiary/aromatic N) is 1. The molecule has 0 aromatic rings. The molecule has 0 bridgehead atoms. The van der Waals surface area contributed by atoms with Crippen LogP contribution in [-0.2, 0) is 4.74 Å². The Labute approximate surface area is 66.8 Å². The van der Waals surface area contributed by atoms with E-state index >= 15 is 0 Å². The van der Waals surface area contributed by atoms with Gasteiger partial charge in [-0.05, 0) is 5.92 Å². The Balaban J connectivity index is 3.50. The van der Waals surface area contributed by atoms with Gasteiger partial charge in [-0.25, -0.2) is 5.84 Å². The van der Waals surface area contributed by atoms with E-state index in [9.17, 15) is 0 Å². The van der Waals surface area contributed by atoms with Gasteiger partial charge in [0.15, 0.2) is 0 Å². The fraction of sp³-hybridized carbons (Fsp3) is 0.833. The Kier molecular flexibility index (Phi) is 5.50. The van der Waals surface area contributed by atoms with Crippen LogP contribution < -0.4 is 17.0 Å². The van der Waals surface area contributed by atoms with Crippen molar-refractivity contribution in [1.82, 2.24) is 5.43 Å². The topological polar surface area (TPSA) is 85.7 Å². The van der Waals surface area contributed by atoms with Crippen LogP contribution in [0.2, 0.25) is 0 Å². The summed E-state index contributed by atoms with van der Waals surface area (Å²) in [6.45, 7) is 3.34. The highest BCUT2D eigenvalue weighted by Gasteiger charge is 1.98.